The van der Waals surface area contributed by atoms with Gasteiger partial charge in [0.25, 0.3) is 0 Å². The van der Waals surface area contributed by atoms with Crippen LogP contribution in [-0.4, -0.2) is 83.1 Å². The van der Waals surface area contributed by atoms with Gasteiger partial charge in [-0.1, -0.05) is 45.9 Å². The molecular weight excluding hydrogens is 436 g/mol. The van der Waals surface area contributed by atoms with Gasteiger partial charge in [-0.2, -0.15) is 0 Å². The number of methoxy groups -OCH3 is 5. The normalized spacial score (nSPS) is 39.6. The minimum atomic E-state index is -0.701. The minimum absolute atomic E-state index is 0.0273. The van der Waals surface area contributed by atoms with Crippen molar-refractivity contribution in [2.75, 3.05) is 35.5 Å². The summed E-state index contributed by atoms with van der Waals surface area (Å²) in [4.78, 5) is 0. The van der Waals surface area contributed by atoms with Crippen LogP contribution in [0.2, 0.25) is 0 Å². The van der Waals surface area contributed by atoms with Crippen LogP contribution in [0, 0.1) is 23.7 Å². The van der Waals surface area contributed by atoms with E-state index >= 15 is 0 Å². The van der Waals surface area contributed by atoms with E-state index in [0.29, 0.717) is 11.8 Å². The summed E-state index contributed by atoms with van der Waals surface area (Å²) in [5, 5.41) is 11.4. The number of hydrogen-bond acceptors (Lipinski definition) is 7. The van der Waals surface area contributed by atoms with E-state index in [1.165, 1.54) is 0 Å². The third-order valence-corrected chi connectivity index (χ3v) is 8.50. The monoisotopic (exact) mass is 484 g/mol. The smallest absolute Gasteiger partial charge is 0.186 e. The number of hydrogen-bond donors (Lipinski definition) is 1. The zero-order valence-corrected chi connectivity index (χ0v) is 22.8. The van der Waals surface area contributed by atoms with E-state index in [-0.39, 0.29) is 36.3 Å². The van der Waals surface area contributed by atoms with Crippen molar-refractivity contribution in [3.8, 4) is 0 Å². The maximum Gasteiger partial charge on any atom is 0.186 e. The van der Waals surface area contributed by atoms with E-state index in [0.717, 1.165) is 18.4 Å². The largest absolute Gasteiger partial charge is 0.389 e. The second-order valence-corrected chi connectivity index (χ2v) is 10.0. The lowest BCUT2D eigenvalue weighted by molar-refractivity contribution is -0.295. The Labute approximate surface area is 206 Å². The Balaban J connectivity index is 2.09. The number of aliphatic hydroxyl groups is 1. The lowest BCUT2D eigenvalue weighted by atomic mass is 9.53. The van der Waals surface area contributed by atoms with E-state index in [9.17, 15) is 5.11 Å². The lowest BCUT2D eigenvalue weighted by Gasteiger charge is -2.56. The third-order valence-electron chi connectivity index (χ3n) is 8.50. The van der Waals surface area contributed by atoms with Crippen molar-refractivity contribution in [1.29, 1.82) is 0 Å². The summed E-state index contributed by atoms with van der Waals surface area (Å²) in [7, 11) is 8.28. The molecule has 1 saturated carbocycles. The van der Waals surface area contributed by atoms with Crippen molar-refractivity contribution in [1.82, 2.24) is 0 Å². The van der Waals surface area contributed by atoms with Gasteiger partial charge in [-0.25, -0.2) is 0 Å². The fourth-order valence-electron chi connectivity index (χ4n) is 6.00. The summed E-state index contributed by atoms with van der Waals surface area (Å²) in [5.41, 5.74) is 0.285. The molecule has 0 amide bonds. The standard InChI is InChI=1S/C27H48O7/c1-11-21(29-6)18(4)20-15-27(28,19(20)5)17(3)14-12-13-16(2)22-23(30-7)24(31-8)25(32-9)26(33-10)34-22/h12-14,17-26,28H,11,15H2,1-10H3/b14-12+,16-13+/t17-,18+,19-,20-,21+,22+,23-,24+,25-,26+,27?/m1/s1. The quantitative estimate of drug-likeness (QED) is 0.420. The molecule has 0 aromatic heterocycles. The highest BCUT2D eigenvalue weighted by molar-refractivity contribution is 5.20. The van der Waals surface area contributed by atoms with E-state index in [1.807, 2.05) is 19.1 Å². The molecule has 34 heavy (non-hydrogen) atoms. The second kappa shape index (κ2) is 12.9. The molecule has 1 unspecified atom stereocenters. The summed E-state index contributed by atoms with van der Waals surface area (Å²) < 4.78 is 34.4. The maximum atomic E-state index is 11.4. The molecule has 11 atom stereocenters. The van der Waals surface area contributed by atoms with Crippen LogP contribution in [0.25, 0.3) is 0 Å². The Bertz CT molecular complexity index is 676. The summed E-state index contributed by atoms with van der Waals surface area (Å²) in [6.45, 7) is 10.7. The van der Waals surface area contributed by atoms with Crippen molar-refractivity contribution in [2.24, 2.45) is 23.7 Å². The molecule has 0 bridgehead atoms. The average Bonchev–Trinajstić information content (AvgIpc) is 2.85. The van der Waals surface area contributed by atoms with Crippen LogP contribution in [0.1, 0.15) is 47.5 Å². The number of rotatable bonds is 12. The minimum Gasteiger partial charge on any atom is -0.389 e. The van der Waals surface area contributed by atoms with Crippen LogP contribution in [0.15, 0.2) is 23.8 Å². The van der Waals surface area contributed by atoms with Gasteiger partial charge < -0.3 is 33.5 Å². The fraction of sp³-hybridized carbons (Fsp3) is 0.852. The first-order chi connectivity index (χ1) is 16.1. The first kappa shape index (κ1) is 29.4. The summed E-state index contributed by atoms with van der Waals surface area (Å²) in [6, 6.07) is 0. The lowest BCUT2D eigenvalue weighted by Crippen LogP contribution is -2.60. The van der Waals surface area contributed by atoms with Gasteiger partial charge in [-0.3, -0.25) is 0 Å². The molecular formula is C27H48O7. The molecule has 0 aromatic rings. The average molecular weight is 485 g/mol. The Morgan fingerprint density at radius 3 is 2.12 bits per heavy atom. The van der Waals surface area contributed by atoms with Gasteiger partial charge in [0.15, 0.2) is 6.29 Å². The van der Waals surface area contributed by atoms with Crippen LogP contribution < -0.4 is 0 Å². The first-order valence-electron chi connectivity index (χ1n) is 12.5. The van der Waals surface area contributed by atoms with Crippen LogP contribution in [0.5, 0.6) is 0 Å². The van der Waals surface area contributed by atoms with Crippen molar-refractivity contribution in [3.63, 3.8) is 0 Å². The fourth-order valence-corrected chi connectivity index (χ4v) is 6.00. The predicted molar refractivity (Wildman–Crippen MR) is 133 cm³/mol. The molecule has 7 nitrogen and oxygen atoms in total. The van der Waals surface area contributed by atoms with Gasteiger partial charge in [0.05, 0.1) is 11.7 Å². The molecule has 1 aliphatic carbocycles. The predicted octanol–water partition coefficient (Wildman–Crippen LogP) is 3.99. The van der Waals surface area contributed by atoms with Crippen LogP contribution in [-0.2, 0) is 28.4 Å². The molecule has 1 saturated heterocycles. The van der Waals surface area contributed by atoms with Crippen LogP contribution >= 0.6 is 0 Å². The highest BCUT2D eigenvalue weighted by Gasteiger charge is 2.55. The maximum absolute atomic E-state index is 11.4. The molecule has 2 aliphatic rings. The van der Waals surface area contributed by atoms with Crippen LogP contribution in [0.3, 0.4) is 0 Å². The highest BCUT2D eigenvalue weighted by atomic mass is 16.7. The molecule has 0 spiro atoms. The van der Waals surface area contributed by atoms with Gasteiger partial charge in [0, 0.05) is 41.5 Å². The highest BCUT2D eigenvalue weighted by Crippen LogP contribution is 2.52. The molecule has 1 heterocycles. The van der Waals surface area contributed by atoms with Gasteiger partial charge in [0.1, 0.15) is 24.4 Å². The van der Waals surface area contributed by atoms with E-state index < -0.39 is 18.0 Å². The first-order valence-corrected chi connectivity index (χ1v) is 12.5. The SMILES string of the molecule is CC[C@H](OC)[C@@H](C)[C@H]1CC(O)([C@H](C)/C=C/C=C(\C)[C@@H]2O[C@H](OC)[C@H](OC)[C@@H](OC)[C@@H]2OC)[C@@H]1C. The molecule has 1 aliphatic heterocycles. The zero-order chi connectivity index (χ0) is 25.6. The Hall–Kier alpha value is -0.800. The Kier molecular flexibility index (Phi) is 11.2. The van der Waals surface area contributed by atoms with E-state index in [2.05, 4.69) is 33.8 Å². The van der Waals surface area contributed by atoms with Crippen molar-refractivity contribution >= 4 is 0 Å². The molecule has 0 radical (unpaired) electrons. The summed E-state index contributed by atoms with van der Waals surface area (Å²) in [6.07, 6.45) is 6.16. The molecule has 1 N–H and O–H groups in total. The van der Waals surface area contributed by atoms with Gasteiger partial charge >= 0.3 is 0 Å². The van der Waals surface area contributed by atoms with Crippen molar-refractivity contribution in [2.45, 2.75) is 89.9 Å². The Morgan fingerprint density at radius 1 is 1.03 bits per heavy atom. The van der Waals surface area contributed by atoms with Crippen LogP contribution in [0.4, 0.5) is 0 Å². The van der Waals surface area contributed by atoms with Crippen molar-refractivity contribution in [3.05, 3.63) is 23.8 Å². The molecule has 7 heteroatoms. The third kappa shape index (κ3) is 5.77. The zero-order valence-electron chi connectivity index (χ0n) is 22.8. The van der Waals surface area contributed by atoms with Gasteiger partial charge in [-0.15, -0.1) is 0 Å². The van der Waals surface area contributed by atoms with E-state index in [1.54, 1.807) is 35.5 Å². The van der Waals surface area contributed by atoms with Gasteiger partial charge in [0.2, 0.25) is 0 Å². The second-order valence-electron chi connectivity index (χ2n) is 10.0. The molecule has 2 fully saturated rings. The molecule has 198 valence electrons. The number of ether oxygens (including phenoxy) is 6. The topological polar surface area (TPSA) is 75.6 Å². The number of allylic oxidation sites excluding steroid dienone is 2. The summed E-state index contributed by atoms with van der Waals surface area (Å²) >= 11 is 0. The molecule has 0 aromatic carbocycles. The van der Waals surface area contributed by atoms with Gasteiger partial charge in [-0.05, 0) is 43.1 Å². The molecule has 2 rings (SSSR count). The van der Waals surface area contributed by atoms with Crippen molar-refractivity contribution < 1.29 is 33.5 Å². The Morgan fingerprint density at radius 2 is 1.65 bits per heavy atom. The summed E-state index contributed by atoms with van der Waals surface area (Å²) in [5.74, 6) is 1.13. The van der Waals surface area contributed by atoms with E-state index in [4.69, 9.17) is 28.4 Å².